The number of nitro groups is 1. The first kappa shape index (κ1) is 15.5. The van der Waals surface area contributed by atoms with E-state index in [1.165, 1.54) is 0 Å². The molecule has 1 aliphatic rings. The average molecular weight is 290 g/mol. The van der Waals surface area contributed by atoms with Crippen LogP contribution in [0, 0.1) is 47.1 Å². The third-order valence-electron chi connectivity index (χ3n) is 4.57. The minimum atomic E-state index is -0.373. The molecule has 0 bridgehead atoms. The summed E-state index contributed by atoms with van der Waals surface area (Å²) in [5.74, 6) is 0.489. The monoisotopic (exact) mass is 290 g/mol. The van der Waals surface area contributed by atoms with Crippen molar-refractivity contribution in [2.75, 3.05) is 0 Å². The van der Waals surface area contributed by atoms with Gasteiger partial charge in [-0.05, 0) is 39.0 Å². The van der Waals surface area contributed by atoms with Crippen LogP contribution in [0.4, 0.5) is 5.69 Å². The van der Waals surface area contributed by atoms with Crippen LogP contribution >= 0.6 is 0 Å². The Hall–Kier alpha value is -1.90. The summed E-state index contributed by atoms with van der Waals surface area (Å²) in [6.45, 7) is 5.56. The Morgan fingerprint density at radius 3 is 2.71 bits per heavy atom. The van der Waals surface area contributed by atoms with Crippen LogP contribution in [0.3, 0.4) is 0 Å². The van der Waals surface area contributed by atoms with E-state index in [-0.39, 0.29) is 22.6 Å². The minimum Gasteiger partial charge on any atom is -0.258 e. The van der Waals surface area contributed by atoms with Gasteiger partial charge in [0.1, 0.15) is 11.4 Å². The minimum absolute atomic E-state index is 0.0345. The van der Waals surface area contributed by atoms with Gasteiger partial charge in [-0.1, -0.05) is 19.8 Å². The fourth-order valence-corrected chi connectivity index (χ4v) is 3.56. The first-order valence-corrected chi connectivity index (χ1v) is 7.59. The predicted molar refractivity (Wildman–Crippen MR) is 78.7 cm³/mol. The second-order valence-corrected chi connectivity index (χ2v) is 5.99. The SMILES string of the molecule is CCCC1CCC(C#N)C(n2nc(C)c([N+](=O)[O-])c2C)C1. The molecule has 1 saturated carbocycles. The Morgan fingerprint density at radius 2 is 2.19 bits per heavy atom. The molecule has 6 heteroatoms. The standard InChI is InChI=1S/C15H22N4O2/c1-4-5-12-6-7-13(9-16)14(8-12)18-11(3)15(19(20)21)10(2)17-18/h12-14H,4-8H2,1-3H3. The molecule has 0 spiro atoms. The van der Waals surface area contributed by atoms with Crippen molar-refractivity contribution >= 4 is 5.69 Å². The lowest BCUT2D eigenvalue weighted by molar-refractivity contribution is -0.386. The zero-order chi connectivity index (χ0) is 15.6. The van der Waals surface area contributed by atoms with Gasteiger partial charge in [-0.15, -0.1) is 0 Å². The normalized spacial score (nSPS) is 25.5. The summed E-state index contributed by atoms with van der Waals surface area (Å²) in [4.78, 5) is 10.8. The number of nitriles is 1. The Balaban J connectivity index is 2.35. The van der Waals surface area contributed by atoms with Crippen LogP contribution < -0.4 is 0 Å². The van der Waals surface area contributed by atoms with Crippen molar-refractivity contribution in [2.24, 2.45) is 11.8 Å². The van der Waals surface area contributed by atoms with Gasteiger partial charge >= 0.3 is 5.69 Å². The van der Waals surface area contributed by atoms with E-state index in [0.29, 0.717) is 17.3 Å². The van der Waals surface area contributed by atoms with Gasteiger partial charge in [-0.25, -0.2) is 0 Å². The Labute approximate surface area is 124 Å². The maximum absolute atomic E-state index is 11.1. The largest absolute Gasteiger partial charge is 0.312 e. The number of aryl methyl sites for hydroxylation is 1. The van der Waals surface area contributed by atoms with Gasteiger partial charge in [0, 0.05) is 0 Å². The Morgan fingerprint density at radius 1 is 1.48 bits per heavy atom. The summed E-state index contributed by atoms with van der Waals surface area (Å²) in [7, 11) is 0. The van der Waals surface area contributed by atoms with E-state index < -0.39 is 0 Å². The molecule has 1 heterocycles. The highest BCUT2D eigenvalue weighted by atomic mass is 16.6. The van der Waals surface area contributed by atoms with Gasteiger partial charge in [-0.3, -0.25) is 14.8 Å². The Kier molecular flexibility index (Phi) is 4.61. The summed E-state index contributed by atoms with van der Waals surface area (Å²) in [6, 6.07) is 2.34. The lowest BCUT2D eigenvalue weighted by Crippen LogP contribution is -2.28. The van der Waals surface area contributed by atoms with E-state index in [1.807, 2.05) is 0 Å². The molecule has 6 nitrogen and oxygen atoms in total. The van der Waals surface area contributed by atoms with Gasteiger partial charge in [0.15, 0.2) is 0 Å². The van der Waals surface area contributed by atoms with E-state index >= 15 is 0 Å². The molecular formula is C15H22N4O2. The van der Waals surface area contributed by atoms with Crippen LogP contribution in [-0.2, 0) is 0 Å². The quantitative estimate of drug-likeness (QED) is 0.625. The molecule has 1 aromatic rings. The molecule has 1 aromatic heterocycles. The molecule has 0 amide bonds. The summed E-state index contributed by atoms with van der Waals surface area (Å²) < 4.78 is 1.74. The van der Waals surface area contributed by atoms with Crippen LogP contribution in [0.25, 0.3) is 0 Å². The van der Waals surface area contributed by atoms with E-state index in [2.05, 4.69) is 18.1 Å². The molecular weight excluding hydrogens is 268 g/mol. The van der Waals surface area contributed by atoms with Crippen LogP contribution in [0.15, 0.2) is 0 Å². The fraction of sp³-hybridized carbons (Fsp3) is 0.733. The Bertz CT molecular complexity index is 573. The van der Waals surface area contributed by atoms with Crippen molar-refractivity contribution < 1.29 is 4.92 Å². The topological polar surface area (TPSA) is 84.8 Å². The molecule has 3 atom stereocenters. The smallest absolute Gasteiger partial charge is 0.258 e. The fourth-order valence-electron chi connectivity index (χ4n) is 3.56. The second-order valence-electron chi connectivity index (χ2n) is 5.99. The molecule has 0 N–H and O–H groups in total. The van der Waals surface area contributed by atoms with Crippen LogP contribution in [0.1, 0.15) is 56.5 Å². The zero-order valence-corrected chi connectivity index (χ0v) is 12.9. The van der Waals surface area contributed by atoms with Gasteiger partial charge in [0.05, 0.1) is 23.0 Å². The first-order chi connectivity index (χ1) is 9.99. The van der Waals surface area contributed by atoms with E-state index in [1.54, 1.807) is 18.5 Å². The summed E-state index contributed by atoms with van der Waals surface area (Å²) >= 11 is 0. The van der Waals surface area contributed by atoms with E-state index in [4.69, 9.17) is 0 Å². The lowest BCUT2D eigenvalue weighted by Gasteiger charge is -2.33. The zero-order valence-electron chi connectivity index (χ0n) is 12.9. The van der Waals surface area contributed by atoms with Crippen molar-refractivity contribution in [3.05, 3.63) is 21.5 Å². The van der Waals surface area contributed by atoms with Gasteiger partial charge < -0.3 is 0 Å². The number of hydrogen-bond donors (Lipinski definition) is 0. The van der Waals surface area contributed by atoms with Gasteiger partial charge in [0.25, 0.3) is 0 Å². The number of nitrogens with zero attached hydrogens (tertiary/aromatic N) is 4. The average Bonchev–Trinajstić information content (AvgIpc) is 2.74. The van der Waals surface area contributed by atoms with Gasteiger partial charge in [-0.2, -0.15) is 10.4 Å². The van der Waals surface area contributed by atoms with Crippen molar-refractivity contribution in [1.29, 1.82) is 5.26 Å². The van der Waals surface area contributed by atoms with Crippen molar-refractivity contribution in [2.45, 2.75) is 58.9 Å². The van der Waals surface area contributed by atoms with Crippen molar-refractivity contribution in [3.8, 4) is 6.07 Å². The summed E-state index contributed by atoms with van der Waals surface area (Å²) in [5, 5.41) is 24.9. The molecule has 0 aromatic carbocycles. The molecule has 3 unspecified atom stereocenters. The molecule has 0 aliphatic heterocycles. The molecule has 21 heavy (non-hydrogen) atoms. The van der Waals surface area contributed by atoms with E-state index in [0.717, 1.165) is 32.1 Å². The van der Waals surface area contributed by atoms with E-state index in [9.17, 15) is 15.4 Å². The molecule has 1 fully saturated rings. The van der Waals surface area contributed by atoms with Crippen LogP contribution in [0.2, 0.25) is 0 Å². The molecule has 0 saturated heterocycles. The maximum atomic E-state index is 11.1. The molecule has 1 aliphatic carbocycles. The highest BCUT2D eigenvalue weighted by Gasteiger charge is 2.35. The molecule has 114 valence electrons. The lowest BCUT2D eigenvalue weighted by atomic mass is 9.77. The third-order valence-corrected chi connectivity index (χ3v) is 4.57. The van der Waals surface area contributed by atoms with Crippen LogP contribution in [0.5, 0.6) is 0 Å². The number of hydrogen-bond acceptors (Lipinski definition) is 4. The maximum Gasteiger partial charge on any atom is 0.312 e. The summed E-state index contributed by atoms with van der Waals surface area (Å²) in [6.07, 6.45) is 5.11. The van der Waals surface area contributed by atoms with Crippen molar-refractivity contribution in [3.63, 3.8) is 0 Å². The van der Waals surface area contributed by atoms with Crippen LogP contribution in [-0.4, -0.2) is 14.7 Å². The highest BCUT2D eigenvalue weighted by molar-refractivity contribution is 5.39. The first-order valence-electron chi connectivity index (χ1n) is 7.59. The number of rotatable bonds is 4. The second kappa shape index (κ2) is 6.25. The predicted octanol–water partition coefficient (Wildman–Crippen LogP) is 3.69. The highest BCUT2D eigenvalue weighted by Crippen LogP contribution is 2.40. The number of aromatic nitrogens is 2. The van der Waals surface area contributed by atoms with Gasteiger partial charge in [0.2, 0.25) is 0 Å². The summed E-state index contributed by atoms with van der Waals surface area (Å²) in [5.41, 5.74) is 1.09. The van der Waals surface area contributed by atoms with Crippen molar-refractivity contribution in [1.82, 2.24) is 9.78 Å². The molecule has 0 radical (unpaired) electrons. The molecule has 2 rings (SSSR count). The third kappa shape index (κ3) is 2.92.